The van der Waals surface area contributed by atoms with Gasteiger partial charge in [0.25, 0.3) is 0 Å². The zero-order chi connectivity index (χ0) is 13.4. The van der Waals surface area contributed by atoms with E-state index in [-0.39, 0.29) is 18.5 Å². The van der Waals surface area contributed by atoms with Crippen molar-refractivity contribution in [3.63, 3.8) is 0 Å². The summed E-state index contributed by atoms with van der Waals surface area (Å²) in [5.41, 5.74) is 1.67. The molecule has 1 aromatic rings. The van der Waals surface area contributed by atoms with Crippen LogP contribution in [0.3, 0.4) is 0 Å². The molecule has 100 valence electrons. The Morgan fingerprint density at radius 1 is 1.39 bits per heavy atom. The van der Waals surface area contributed by atoms with Gasteiger partial charge in [0.05, 0.1) is 17.9 Å². The summed E-state index contributed by atoms with van der Waals surface area (Å²) in [5.74, 6) is 0.314. The number of aromatic nitrogens is 2. The van der Waals surface area contributed by atoms with Crippen LogP contribution in [0, 0.1) is 0 Å². The molecule has 1 aliphatic heterocycles. The summed E-state index contributed by atoms with van der Waals surface area (Å²) in [7, 11) is 0. The van der Waals surface area contributed by atoms with Gasteiger partial charge >= 0.3 is 0 Å². The number of rotatable bonds is 2. The highest BCUT2D eigenvalue weighted by Crippen LogP contribution is 2.24. The summed E-state index contributed by atoms with van der Waals surface area (Å²) in [6.45, 7) is 8.58. The minimum atomic E-state index is -0.654. The third kappa shape index (κ3) is 2.27. The van der Waals surface area contributed by atoms with Gasteiger partial charge in [0.15, 0.2) is 0 Å². The predicted molar refractivity (Wildman–Crippen MR) is 68.1 cm³/mol. The van der Waals surface area contributed by atoms with Crippen LogP contribution in [0.2, 0.25) is 0 Å². The fourth-order valence-electron chi connectivity index (χ4n) is 2.23. The van der Waals surface area contributed by atoms with Gasteiger partial charge in [0, 0.05) is 6.04 Å². The Morgan fingerprint density at radius 2 is 2.06 bits per heavy atom. The van der Waals surface area contributed by atoms with E-state index in [1.165, 1.54) is 0 Å². The normalized spacial score (nSPS) is 20.5. The van der Waals surface area contributed by atoms with Crippen molar-refractivity contribution in [1.29, 1.82) is 0 Å². The van der Waals surface area contributed by atoms with Crippen LogP contribution in [0.1, 0.15) is 51.1 Å². The fraction of sp³-hybridized carbons (Fsp3) is 0.692. The molecule has 1 aliphatic rings. The average molecular weight is 251 g/mol. The summed E-state index contributed by atoms with van der Waals surface area (Å²) in [6, 6.07) is 2.01. The maximum atomic E-state index is 12.1. The van der Waals surface area contributed by atoms with Gasteiger partial charge < -0.3 is 10.0 Å². The molecule has 0 aliphatic carbocycles. The Balaban J connectivity index is 2.33. The van der Waals surface area contributed by atoms with E-state index < -0.39 is 6.10 Å². The van der Waals surface area contributed by atoms with Crippen molar-refractivity contribution in [3.8, 4) is 0 Å². The van der Waals surface area contributed by atoms with E-state index in [1.54, 1.807) is 9.58 Å². The smallest absolute Gasteiger partial charge is 0.244 e. The molecule has 18 heavy (non-hydrogen) atoms. The van der Waals surface area contributed by atoms with Crippen molar-refractivity contribution in [2.75, 3.05) is 6.54 Å². The first-order valence-corrected chi connectivity index (χ1v) is 6.45. The van der Waals surface area contributed by atoms with Gasteiger partial charge in [-0.2, -0.15) is 5.10 Å². The molecule has 0 bridgehead atoms. The SMILES string of the molecule is CC(C)c1cc2n(n1)CC(=O)N(C(C)C)CC2O. The molecule has 0 aromatic carbocycles. The number of nitrogens with zero attached hydrogens (tertiary/aromatic N) is 3. The lowest BCUT2D eigenvalue weighted by atomic mass is 10.1. The maximum Gasteiger partial charge on any atom is 0.244 e. The minimum absolute atomic E-state index is 0.0150. The summed E-state index contributed by atoms with van der Waals surface area (Å²) < 4.78 is 1.64. The molecule has 5 heteroatoms. The van der Waals surface area contributed by atoms with Crippen LogP contribution in [0.25, 0.3) is 0 Å². The van der Waals surface area contributed by atoms with Gasteiger partial charge in [-0.25, -0.2) is 0 Å². The van der Waals surface area contributed by atoms with Gasteiger partial charge in [0.2, 0.25) is 5.91 Å². The summed E-state index contributed by atoms with van der Waals surface area (Å²) >= 11 is 0. The topological polar surface area (TPSA) is 58.4 Å². The molecule has 0 spiro atoms. The number of hydrogen-bond acceptors (Lipinski definition) is 3. The Kier molecular flexibility index (Phi) is 3.43. The Hall–Kier alpha value is -1.36. The first-order chi connectivity index (χ1) is 8.40. The van der Waals surface area contributed by atoms with Crippen LogP contribution >= 0.6 is 0 Å². The molecule has 0 radical (unpaired) electrons. The highest BCUT2D eigenvalue weighted by atomic mass is 16.3. The molecule has 0 saturated carbocycles. The molecule has 0 fully saturated rings. The van der Waals surface area contributed by atoms with Gasteiger partial charge in [-0.3, -0.25) is 9.48 Å². The van der Waals surface area contributed by atoms with Gasteiger partial charge in [-0.15, -0.1) is 0 Å². The van der Waals surface area contributed by atoms with Crippen molar-refractivity contribution in [2.45, 2.75) is 52.3 Å². The largest absolute Gasteiger partial charge is 0.385 e. The van der Waals surface area contributed by atoms with Crippen LogP contribution in [0.4, 0.5) is 0 Å². The Morgan fingerprint density at radius 3 is 2.61 bits per heavy atom. The second kappa shape index (κ2) is 4.72. The molecular formula is C13H21N3O2. The maximum absolute atomic E-state index is 12.1. The zero-order valence-electron chi connectivity index (χ0n) is 11.4. The van der Waals surface area contributed by atoms with Gasteiger partial charge in [0.1, 0.15) is 12.6 Å². The second-order valence-corrected chi connectivity index (χ2v) is 5.46. The van der Waals surface area contributed by atoms with Crippen LogP contribution in [-0.4, -0.2) is 38.3 Å². The van der Waals surface area contributed by atoms with E-state index >= 15 is 0 Å². The summed E-state index contributed by atoms with van der Waals surface area (Å²) in [4.78, 5) is 13.8. The van der Waals surface area contributed by atoms with Gasteiger partial charge in [-0.05, 0) is 25.8 Å². The van der Waals surface area contributed by atoms with Crippen molar-refractivity contribution in [1.82, 2.24) is 14.7 Å². The first-order valence-electron chi connectivity index (χ1n) is 6.45. The van der Waals surface area contributed by atoms with Crippen molar-refractivity contribution < 1.29 is 9.90 Å². The lowest BCUT2D eigenvalue weighted by molar-refractivity contribution is -0.134. The monoisotopic (exact) mass is 251 g/mol. The van der Waals surface area contributed by atoms with E-state index in [9.17, 15) is 9.90 Å². The van der Waals surface area contributed by atoms with Crippen LogP contribution in [0.5, 0.6) is 0 Å². The molecule has 1 atom stereocenters. The third-order valence-corrected chi connectivity index (χ3v) is 3.36. The predicted octanol–water partition coefficient (Wildman–Crippen LogP) is 1.29. The highest BCUT2D eigenvalue weighted by Gasteiger charge is 2.29. The Labute approximate surface area is 107 Å². The number of hydrogen-bond donors (Lipinski definition) is 1. The van der Waals surface area contributed by atoms with E-state index in [1.807, 2.05) is 19.9 Å². The molecule has 2 rings (SSSR count). The number of aliphatic hydroxyl groups is 1. The summed E-state index contributed by atoms with van der Waals surface area (Å²) in [5, 5.41) is 14.6. The van der Waals surface area contributed by atoms with Crippen LogP contribution in [0.15, 0.2) is 6.07 Å². The molecule has 1 N–H and O–H groups in total. The van der Waals surface area contributed by atoms with E-state index in [4.69, 9.17) is 0 Å². The summed E-state index contributed by atoms with van der Waals surface area (Å²) in [6.07, 6.45) is -0.654. The molecule has 0 saturated heterocycles. The lowest BCUT2D eigenvalue weighted by Gasteiger charge is -2.26. The number of amides is 1. The fourth-order valence-corrected chi connectivity index (χ4v) is 2.23. The minimum Gasteiger partial charge on any atom is -0.385 e. The van der Waals surface area contributed by atoms with Crippen molar-refractivity contribution >= 4 is 5.91 Å². The molecule has 1 amide bonds. The first kappa shape index (κ1) is 13.1. The van der Waals surface area contributed by atoms with Crippen molar-refractivity contribution in [3.05, 3.63) is 17.5 Å². The van der Waals surface area contributed by atoms with Crippen LogP contribution in [-0.2, 0) is 11.3 Å². The van der Waals surface area contributed by atoms with E-state index in [0.29, 0.717) is 12.5 Å². The quantitative estimate of drug-likeness (QED) is 0.861. The highest BCUT2D eigenvalue weighted by molar-refractivity contribution is 5.76. The van der Waals surface area contributed by atoms with Crippen LogP contribution < -0.4 is 0 Å². The number of fused-ring (bicyclic) bond motifs is 1. The molecule has 5 nitrogen and oxygen atoms in total. The van der Waals surface area contributed by atoms with Crippen molar-refractivity contribution in [2.24, 2.45) is 0 Å². The second-order valence-electron chi connectivity index (χ2n) is 5.46. The standard InChI is InChI=1S/C13H21N3O2/c1-8(2)10-5-11-12(17)6-15(9(3)4)13(18)7-16(11)14-10/h5,8-9,12,17H,6-7H2,1-4H3. The lowest BCUT2D eigenvalue weighted by Crippen LogP contribution is -2.39. The number of β-amino-alcohol motifs (C(OH)–C–C–N with tert-alkyl or cyclic N) is 1. The van der Waals surface area contributed by atoms with E-state index in [2.05, 4.69) is 18.9 Å². The number of aliphatic hydroxyl groups excluding tert-OH is 1. The molecule has 1 aromatic heterocycles. The Bertz CT molecular complexity index is 451. The zero-order valence-corrected chi connectivity index (χ0v) is 11.4. The molecular weight excluding hydrogens is 230 g/mol. The average Bonchev–Trinajstić information content (AvgIpc) is 2.64. The molecule has 2 heterocycles. The third-order valence-electron chi connectivity index (χ3n) is 3.36. The van der Waals surface area contributed by atoms with E-state index in [0.717, 1.165) is 11.4 Å². The van der Waals surface area contributed by atoms with Gasteiger partial charge in [-0.1, -0.05) is 13.8 Å². The number of carbonyl (C=O) groups is 1. The number of carbonyl (C=O) groups excluding carboxylic acids is 1. The molecule has 1 unspecified atom stereocenters.